The fourth-order valence-corrected chi connectivity index (χ4v) is 17.2. The number of pyridine rings is 1. The first-order valence-electron chi connectivity index (χ1n) is 36.6. The Balaban J connectivity index is 0.627. The molecule has 0 spiro atoms. The van der Waals surface area contributed by atoms with Gasteiger partial charge in [0.25, 0.3) is 0 Å². The fourth-order valence-electron chi connectivity index (χ4n) is 14.1. The lowest BCUT2D eigenvalue weighted by atomic mass is 9.83. The maximum absolute atomic E-state index is 15.1. The van der Waals surface area contributed by atoms with Crippen LogP contribution in [0.15, 0.2) is 78.5 Å². The van der Waals surface area contributed by atoms with Gasteiger partial charge in [-0.25, -0.2) is 23.9 Å². The van der Waals surface area contributed by atoms with E-state index in [1.165, 1.54) is 37.1 Å². The van der Waals surface area contributed by atoms with E-state index in [2.05, 4.69) is 25.4 Å². The average molecular weight is 1560 g/mol. The Morgan fingerprint density at radius 2 is 1.70 bits per heavy atom. The first-order chi connectivity index (χ1) is 51.0. The molecular formula is C77H102Cl2FN11O14S2. The number of piperazine rings is 1. The number of nitrogens with two attached hydrogens (primary N) is 1. The molecule has 0 radical (unpaired) electrons. The first kappa shape index (κ1) is 82.2. The molecule has 4 bridgehead atoms. The van der Waals surface area contributed by atoms with Crippen molar-refractivity contribution in [2.75, 3.05) is 121 Å². The summed E-state index contributed by atoms with van der Waals surface area (Å²) in [5.41, 5.74) is 10.8. The third-order valence-electron chi connectivity index (χ3n) is 20.6. The summed E-state index contributed by atoms with van der Waals surface area (Å²) in [7, 11) is 9.25. The number of fused-ring (bicyclic) bond motifs is 6. The number of imidazole rings is 1. The second-order valence-corrected chi connectivity index (χ2v) is 33.1. The summed E-state index contributed by atoms with van der Waals surface area (Å²) in [6.07, 6.45) is 5.73. The normalized spacial score (nSPS) is 23.5. The summed E-state index contributed by atoms with van der Waals surface area (Å²) in [6, 6.07) is 13.1. The van der Waals surface area contributed by atoms with Gasteiger partial charge in [0.1, 0.15) is 58.2 Å². The van der Waals surface area contributed by atoms with Gasteiger partial charge in [-0.3, -0.25) is 24.5 Å². The van der Waals surface area contributed by atoms with Gasteiger partial charge in [0.2, 0.25) is 23.6 Å². The summed E-state index contributed by atoms with van der Waals surface area (Å²) >= 11 is 13.3. The number of aromatic amines is 1. The van der Waals surface area contributed by atoms with E-state index in [-0.39, 0.29) is 78.2 Å². The molecule has 107 heavy (non-hydrogen) atoms. The van der Waals surface area contributed by atoms with E-state index < -0.39 is 65.7 Å². The van der Waals surface area contributed by atoms with Crippen LogP contribution in [0.3, 0.4) is 0 Å². The summed E-state index contributed by atoms with van der Waals surface area (Å²) < 4.78 is 56.0. The molecular weight excluding hydrogens is 1460 g/mol. The van der Waals surface area contributed by atoms with Crippen LogP contribution in [0.1, 0.15) is 110 Å². The van der Waals surface area contributed by atoms with Crippen molar-refractivity contribution in [3.63, 3.8) is 0 Å². The van der Waals surface area contributed by atoms with E-state index in [1.54, 1.807) is 85.8 Å². The Bertz CT molecular complexity index is 4060. The van der Waals surface area contributed by atoms with Crippen molar-refractivity contribution in [2.45, 2.75) is 165 Å². The predicted octanol–water partition coefficient (Wildman–Crippen LogP) is 10.8. The third kappa shape index (κ3) is 20.8. The number of aromatic nitrogens is 3. The Labute approximate surface area is 643 Å². The summed E-state index contributed by atoms with van der Waals surface area (Å²) in [5.74, 6) is -0.189. The van der Waals surface area contributed by atoms with Crippen LogP contribution in [0, 0.1) is 18.7 Å². The van der Waals surface area contributed by atoms with Gasteiger partial charge in [-0.05, 0) is 133 Å². The van der Waals surface area contributed by atoms with Crippen molar-refractivity contribution >= 4 is 109 Å². The van der Waals surface area contributed by atoms with Gasteiger partial charge in [-0.15, -0.1) is 0 Å². The monoisotopic (exact) mass is 1560 g/mol. The molecule has 5 aromatic rings. The highest BCUT2D eigenvalue weighted by atomic mass is 35.5. The quantitative estimate of drug-likeness (QED) is 0.0141. The lowest BCUT2D eigenvalue weighted by molar-refractivity contribution is -0.162. The van der Waals surface area contributed by atoms with E-state index in [4.69, 9.17) is 72.1 Å². The third-order valence-corrected chi connectivity index (χ3v) is 24.7. The number of methoxy groups -OCH3 is 2. The maximum Gasteiger partial charge on any atom is 0.409 e. The SMILES string of the molecule is COc1cc2cc(c1Cl)N(C)C(=O)C[C@H](OC(=O)[C@@H](C)N(C)C(=O)CCC(C)(C)SSCCCC(=O)NCCOCCOCCC(=O)N1CCN(c3ncc(-c4cc(C)cc(F)c4)c(N4CCC(N)CC4)c3-c3nc4ccc(Cl)cc4[nH]3)CC1)[C@]1(C)OC1[C@@H](C)C1C[C@@](O)(NC(=O)O1)[C@H](OC)/C=C/C=C(\C)C2. The Morgan fingerprint density at radius 1 is 0.963 bits per heavy atom. The number of allylic oxidation sites excluding steroid dienone is 3. The number of nitrogens with zero attached hydrogens (tertiary/aromatic N) is 7. The van der Waals surface area contributed by atoms with Crippen LogP contribution in [0.2, 0.25) is 10.0 Å². The minimum absolute atomic E-state index is 0.0165. The zero-order chi connectivity index (χ0) is 77.1. The van der Waals surface area contributed by atoms with Gasteiger partial charge in [-0.1, -0.05) is 81.6 Å². The van der Waals surface area contributed by atoms with Crippen LogP contribution in [0.5, 0.6) is 5.75 Å². The number of benzene rings is 3. The van der Waals surface area contributed by atoms with E-state index in [0.29, 0.717) is 124 Å². The lowest BCUT2D eigenvalue weighted by Gasteiger charge is -2.42. The number of aryl methyl sites for hydroxylation is 1. The first-order valence-corrected chi connectivity index (χ1v) is 39.6. The topological polar surface area (TPSA) is 298 Å². The number of ether oxygens (including phenoxy) is 7. The molecule has 6 N–H and O–H groups in total. The van der Waals surface area contributed by atoms with E-state index in [0.717, 1.165) is 57.4 Å². The van der Waals surface area contributed by atoms with Crippen molar-refractivity contribution in [3.8, 4) is 28.3 Å². The number of epoxide rings is 1. The smallest absolute Gasteiger partial charge is 0.409 e. The minimum atomic E-state index is -1.87. The number of alkyl carbamates (subject to hydrolysis) is 1. The highest BCUT2D eigenvalue weighted by molar-refractivity contribution is 8.77. The van der Waals surface area contributed by atoms with Gasteiger partial charge in [-0.2, -0.15) is 0 Å². The summed E-state index contributed by atoms with van der Waals surface area (Å²) in [5, 5.41) is 18.1. The molecule has 5 aliphatic rings. The van der Waals surface area contributed by atoms with Crippen LogP contribution in [0.25, 0.3) is 33.5 Å². The number of H-pyrrole nitrogens is 1. The number of likely N-dealkylation sites (N-methyl/N-ethyl adjacent to an activating group) is 1. The molecule has 3 aromatic carbocycles. The lowest BCUT2D eigenvalue weighted by Crippen LogP contribution is -2.63. The second-order valence-electron chi connectivity index (χ2n) is 29.2. The molecule has 10 rings (SSSR count). The van der Waals surface area contributed by atoms with E-state index in [9.17, 15) is 33.9 Å². The Kier molecular flexibility index (Phi) is 28.1. The van der Waals surface area contributed by atoms with Crippen LogP contribution in [-0.4, -0.2) is 224 Å². The van der Waals surface area contributed by atoms with Crippen molar-refractivity contribution in [3.05, 3.63) is 106 Å². The second kappa shape index (κ2) is 36.5. The standard InChI is InChI=1S/C77H102Cl2FN11O14S2/c1-46-14-12-15-61(100-11)77(98)44-60(103-74(97)86-77)48(3)70-76(7,105-70)62(43-66(95)88(9)58-39-50(36-46)40-59(99-10)68(58)79)104-73(96)49(4)87(8)64(93)19-23-75(5,6)107-106-35-13-16-63(92)82-24-32-102-34-33-101-31-22-65(94)89-27-29-91(30-28-89)72-67(71-84-56-18-17-52(78)42-57(56)85-71)69(90-25-20-54(81)21-26-90)55(45-83-72)51-37-47(2)38-53(80)41-51/h12,14-15,17-18,37-42,45,48-49,54,60-62,70,98H,13,16,19-36,43-44,81H2,1-11H3,(H,82,92)(H,84,85)(H,86,97)/b15-12+,46-14+/t48-,49+,60?,61+,62-,70?,76-,77-/m0/s1. The van der Waals surface area contributed by atoms with Gasteiger partial charge in [0.15, 0.2) is 5.72 Å². The maximum atomic E-state index is 15.1. The number of amides is 5. The molecule has 30 heteroatoms. The largest absolute Gasteiger partial charge is 0.495 e. The molecule has 25 nitrogen and oxygen atoms in total. The number of rotatable bonds is 27. The molecule has 5 aliphatic heterocycles. The molecule has 0 aliphatic carbocycles. The van der Waals surface area contributed by atoms with Crippen LogP contribution >= 0.6 is 44.8 Å². The predicted molar refractivity (Wildman–Crippen MR) is 415 cm³/mol. The molecule has 7 heterocycles. The fraction of sp³-hybridized carbons (Fsp3) is 0.558. The minimum Gasteiger partial charge on any atom is -0.495 e. The number of anilines is 3. The van der Waals surface area contributed by atoms with Crippen molar-refractivity contribution in [1.82, 2.24) is 35.4 Å². The Morgan fingerprint density at radius 3 is 2.42 bits per heavy atom. The Hall–Kier alpha value is -7.25. The van der Waals surface area contributed by atoms with Gasteiger partial charge in [0.05, 0.1) is 80.5 Å². The number of halogens is 3. The number of carbonyl (C=O) groups is 6. The number of aliphatic hydroxyl groups is 1. The van der Waals surface area contributed by atoms with E-state index >= 15 is 4.39 Å². The average Bonchev–Trinajstić information content (AvgIpc) is 1.57. The number of nitrogens with one attached hydrogen (secondary N) is 3. The highest BCUT2D eigenvalue weighted by Crippen LogP contribution is 2.50. The van der Waals surface area contributed by atoms with Gasteiger partial charge >= 0.3 is 12.1 Å². The molecule has 4 fully saturated rings. The zero-order valence-electron chi connectivity index (χ0n) is 62.9. The van der Waals surface area contributed by atoms with E-state index in [1.807, 2.05) is 63.1 Å². The summed E-state index contributed by atoms with van der Waals surface area (Å²) in [6.45, 7) is 17.7. The molecule has 4 saturated heterocycles. The number of esters is 1. The summed E-state index contributed by atoms with van der Waals surface area (Å²) in [4.78, 5) is 105. The van der Waals surface area contributed by atoms with Crippen LogP contribution in [0.4, 0.5) is 26.4 Å². The molecule has 5 amide bonds. The molecule has 2 aromatic heterocycles. The molecule has 8 atom stereocenters. The molecule has 0 saturated carbocycles. The number of piperidine rings is 1. The highest BCUT2D eigenvalue weighted by Gasteiger charge is 2.64. The van der Waals surface area contributed by atoms with Crippen molar-refractivity contribution < 1.29 is 71.4 Å². The number of hydrogen-bond donors (Lipinski definition) is 5. The van der Waals surface area contributed by atoms with Gasteiger partial charge in [0, 0.05) is 126 Å². The molecule has 2 unspecified atom stereocenters. The van der Waals surface area contributed by atoms with Gasteiger partial charge < -0.3 is 78.8 Å². The van der Waals surface area contributed by atoms with Crippen molar-refractivity contribution in [1.29, 1.82) is 0 Å². The zero-order valence-corrected chi connectivity index (χ0v) is 66.1. The molecule has 582 valence electrons. The van der Waals surface area contributed by atoms with Crippen LogP contribution in [-0.2, 0) is 58.8 Å². The number of hydrogen-bond acceptors (Lipinski definition) is 21. The van der Waals surface area contributed by atoms with Crippen molar-refractivity contribution in [2.24, 2.45) is 11.7 Å². The van der Waals surface area contributed by atoms with Crippen LogP contribution < -0.4 is 35.8 Å². The number of carbonyl (C=O) groups excluding carboxylic acids is 6.